The van der Waals surface area contributed by atoms with Gasteiger partial charge in [0.15, 0.2) is 0 Å². The van der Waals surface area contributed by atoms with Gasteiger partial charge in [-0.25, -0.2) is 4.98 Å². The monoisotopic (exact) mass is 506 g/mol. The molecule has 0 radical (unpaired) electrons. The maximum atomic E-state index is 12.5. The third-order valence-corrected chi connectivity index (χ3v) is 6.58. The summed E-state index contributed by atoms with van der Waals surface area (Å²) in [5.41, 5.74) is 3.82. The predicted molar refractivity (Wildman–Crippen MR) is 156 cm³/mol. The highest BCUT2D eigenvalue weighted by Crippen LogP contribution is 2.26. The second-order valence-electron chi connectivity index (χ2n) is 9.78. The topological polar surface area (TPSA) is 86.9 Å². The van der Waals surface area contributed by atoms with Crippen molar-refractivity contribution in [2.24, 2.45) is 5.92 Å². The number of H-pyrrole nitrogens is 1. The highest BCUT2D eigenvalue weighted by Gasteiger charge is 2.21. The maximum Gasteiger partial charge on any atom is 0.246 e. The Morgan fingerprint density at radius 3 is 2.38 bits per heavy atom. The minimum absolute atomic E-state index is 0.0792. The van der Waals surface area contributed by atoms with Crippen molar-refractivity contribution < 1.29 is 9.59 Å². The van der Waals surface area contributed by atoms with Crippen LogP contribution < -0.4 is 10.6 Å². The minimum Gasteiger partial charge on any atom is -0.352 e. The van der Waals surface area contributed by atoms with Crippen LogP contribution in [0.2, 0.25) is 0 Å². The van der Waals surface area contributed by atoms with Gasteiger partial charge in [-0.1, -0.05) is 90.5 Å². The second kappa shape index (κ2) is 16.6. The average Bonchev–Trinajstić information content (AvgIpc) is 3.34. The summed E-state index contributed by atoms with van der Waals surface area (Å²) in [5.74, 6) is 0.803. The number of fused-ring (bicyclic) bond motifs is 1. The highest BCUT2D eigenvalue weighted by atomic mass is 16.2. The number of benzene rings is 1. The number of anilines is 1. The van der Waals surface area contributed by atoms with Crippen molar-refractivity contribution in [3.05, 3.63) is 54.4 Å². The van der Waals surface area contributed by atoms with Gasteiger partial charge in [0.1, 0.15) is 5.82 Å². The first-order chi connectivity index (χ1) is 17.9. The molecule has 1 aromatic heterocycles. The lowest BCUT2D eigenvalue weighted by Gasteiger charge is -2.20. The lowest BCUT2D eigenvalue weighted by Crippen LogP contribution is -2.24. The van der Waals surface area contributed by atoms with E-state index in [-0.39, 0.29) is 17.7 Å². The first kappa shape index (κ1) is 30.1. The van der Waals surface area contributed by atoms with Crippen LogP contribution in [0, 0.1) is 5.92 Å². The summed E-state index contributed by atoms with van der Waals surface area (Å²) < 4.78 is 0. The van der Waals surface area contributed by atoms with Crippen LogP contribution in [0.3, 0.4) is 0 Å². The Hall–Kier alpha value is -3.15. The molecule has 202 valence electrons. The highest BCUT2D eigenvalue weighted by molar-refractivity contribution is 5.95. The van der Waals surface area contributed by atoms with E-state index < -0.39 is 0 Å². The Morgan fingerprint density at radius 2 is 1.76 bits per heavy atom. The molecule has 3 N–H and O–H groups in total. The van der Waals surface area contributed by atoms with Crippen LogP contribution in [-0.2, 0) is 9.59 Å². The van der Waals surface area contributed by atoms with E-state index in [0.717, 1.165) is 54.4 Å². The van der Waals surface area contributed by atoms with Gasteiger partial charge in [0.05, 0.1) is 11.0 Å². The van der Waals surface area contributed by atoms with E-state index in [1.165, 1.54) is 32.1 Å². The number of hydrogen-bond donors (Lipinski definition) is 3. The first-order valence-electron chi connectivity index (χ1n) is 14.0. The van der Waals surface area contributed by atoms with Crippen molar-refractivity contribution in [2.75, 3.05) is 11.9 Å². The van der Waals surface area contributed by atoms with Gasteiger partial charge >= 0.3 is 0 Å². The van der Waals surface area contributed by atoms with Crippen molar-refractivity contribution in [1.29, 1.82) is 0 Å². The van der Waals surface area contributed by atoms with Crippen molar-refractivity contribution in [3.8, 4) is 0 Å². The van der Waals surface area contributed by atoms with Gasteiger partial charge < -0.3 is 15.6 Å². The first-order valence-corrected chi connectivity index (χ1v) is 14.0. The molecule has 0 bridgehead atoms. The number of unbranched alkanes of at least 4 members (excludes halogenated alkanes) is 3. The molecule has 6 nitrogen and oxygen atoms in total. The SMILES string of the molecule is C=C/C(=C\C=C(/C)C(=O)NCCC)c1nc2ccc(NC(=O)C3CCCCC3)cc2[nH]1.CCCCCC. The standard InChI is InChI=1S/C25H32N4O2.C6H14/c1-4-15-26-24(30)17(3)11-12-18(5-2)23-28-21-14-13-20(16-22(21)29-23)27-25(31)19-9-7-6-8-10-19;1-3-5-6-4-2/h5,11-14,16,19H,2,4,6-10,15H2,1,3H3,(H,26,30)(H,27,31)(H,28,29);3-6H2,1-2H3/b17-11+,18-12+;. The molecule has 1 fully saturated rings. The van der Waals surface area contributed by atoms with Gasteiger partial charge in [0.2, 0.25) is 11.8 Å². The number of carbonyl (C=O) groups is 2. The normalized spacial score (nSPS) is 14.6. The van der Waals surface area contributed by atoms with Crippen LogP contribution in [0.25, 0.3) is 16.6 Å². The molecule has 0 atom stereocenters. The fourth-order valence-corrected chi connectivity index (χ4v) is 4.25. The van der Waals surface area contributed by atoms with E-state index in [1.54, 1.807) is 19.1 Å². The molecule has 1 heterocycles. The van der Waals surface area contributed by atoms with Crippen LogP contribution in [-0.4, -0.2) is 28.3 Å². The van der Waals surface area contributed by atoms with E-state index >= 15 is 0 Å². The molecule has 1 aliphatic rings. The zero-order valence-electron chi connectivity index (χ0n) is 23.3. The third kappa shape index (κ3) is 10.0. The zero-order valence-corrected chi connectivity index (χ0v) is 23.3. The fourth-order valence-electron chi connectivity index (χ4n) is 4.25. The van der Waals surface area contributed by atoms with E-state index in [4.69, 9.17) is 0 Å². The van der Waals surface area contributed by atoms with Gasteiger partial charge in [-0.15, -0.1) is 0 Å². The van der Waals surface area contributed by atoms with Crippen LogP contribution in [0.15, 0.2) is 48.6 Å². The summed E-state index contributed by atoms with van der Waals surface area (Å²) in [7, 11) is 0. The Bertz CT molecular complexity index is 1070. The molecular formula is C31H46N4O2. The molecular weight excluding hydrogens is 460 g/mol. The van der Waals surface area contributed by atoms with Gasteiger partial charge in [0.25, 0.3) is 0 Å². The molecule has 1 aromatic carbocycles. The Kier molecular flexibility index (Phi) is 13.5. The summed E-state index contributed by atoms with van der Waals surface area (Å²) in [6.45, 7) is 12.8. The third-order valence-electron chi connectivity index (χ3n) is 6.58. The van der Waals surface area contributed by atoms with Crippen molar-refractivity contribution in [2.45, 2.75) is 91.9 Å². The van der Waals surface area contributed by atoms with Gasteiger partial charge in [-0.3, -0.25) is 9.59 Å². The average molecular weight is 507 g/mol. The van der Waals surface area contributed by atoms with Crippen LogP contribution in [0.5, 0.6) is 0 Å². The number of aromatic nitrogens is 2. The van der Waals surface area contributed by atoms with E-state index in [1.807, 2.05) is 31.2 Å². The summed E-state index contributed by atoms with van der Waals surface area (Å²) in [6, 6.07) is 5.69. The van der Waals surface area contributed by atoms with Gasteiger partial charge in [-0.05, 0) is 44.4 Å². The lowest BCUT2D eigenvalue weighted by molar-refractivity contribution is -0.120. The van der Waals surface area contributed by atoms with Gasteiger partial charge in [0, 0.05) is 29.3 Å². The molecule has 1 saturated carbocycles. The van der Waals surface area contributed by atoms with E-state index in [9.17, 15) is 9.59 Å². The Morgan fingerprint density at radius 1 is 1.05 bits per heavy atom. The number of aromatic amines is 1. The summed E-state index contributed by atoms with van der Waals surface area (Å²) >= 11 is 0. The fraction of sp³-hybridized carbons (Fsp3) is 0.516. The molecule has 0 unspecified atom stereocenters. The van der Waals surface area contributed by atoms with Crippen molar-refractivity contribution in [3.63, 3.8) is 0 Å². The van der Waals surface area contributed by atoms with Crippen molar-refractivity contribution in [1.82, 2.24) is 15.3 Å². The summed E-state index contributed by atoms with van der Waals surface area (Å²) in [4.78, 5) is 32.5. The van der Waals surface area contributed by atoms with Crippen molar-refractivity contribution >= 4 is 34.1 Å². The number of imidazole rings is 1. The predicted octanol–water partition coefficient (Wildman–Crippen LogP) is 7.71. The molecule has 2 amide bonds. The molecule has 0 saturated heterocycles. The van der Waals surface area contributed by atoms with E-state index in [2.05, 4.69) is 41.0 Å². The number of carbonyl (C=O) groups excluding carboxylic acids is 2. The summed E-state index contributed by atoms with van der Waals surface area (Å²) in [6.07, 6.45) is 17.2. The smallest absolute Gasteiger partial charge is 0.246 e. The Balaban J connectivity index is 0.000000717. The number of nitrogens with zero attached hydrogens (tertiary/aromatic N) is 1. The molecule has 0 aliphatic heterocycles. The zero-order chi connectivity index (χ0) is 27.0. The minimum atomic E-state index is -0.0792. The number of amides is 2. The second-order valence-corrected chi connectivity index (χ2v) is 9.78. The molecule has 2 aromatic rings. The maximum absolute atomic E-state index is 12.5. The van der Waals surface area contributed by atoms with Gasteiger partial charge in [-0.2, -0.15) is 0 Å². The number of nitrogens with one attached hydrogen (secondary N) is 3. The molecule has 0 spiro atoms. The van der Waals surface area contributed by atoms with Crippen LogP contribution in [0.1, 0.15) is 97.7 Å². The largest absolute Gasteiger partial charge is 0.352 e. The number of hydrogen-bond acceptors (Lipinski definition) is 3. The van der Waals surface area contributed by atoms with Crippen LogP contribution >= 0.6 is 0 Å². The van der Waals surface area contributed by atoms with E-state index in [0.29, 0.717) is 17.9 Å². The quantitative estimate of drug-likeness (QED) is 0.166. The number of rotatable bonds is 11. The summed E-state index contributed by atoms with van der Waals surface area (Å²) in [5, 5.41) is 5.91. The molecule has 6 heteroatoms. The Labute approximate surface area is 223 Å². The molecule has 1 aliphatic carbocycles. The molecule has 37 heavy (non-hydrogen) atoms. The molecule has 3 rings (SSSR count). The lowest BCUT2D eigenvalue weighted by atomic mass is 9.88. The van der Waals surface area contributed by atoms with Crippen LogP contribution in [0.4, 0.5) is 5.69 Å². The number of allylic oxidation sites excluding steroid dienone is 4.